The van der Waals surface area contributed by atoms with E-state index in [9.17, 15) is 9.59 Å². The van der Waals surface area contributed by atoms with Gasteiger partial charge in [-0.3, -0.25) is 4.79 Å². The van der Waals surface area contributed by atoms with Gasteiger partial charge in [-0.1, -0.05) is 48.5 Å². The van der Waals surface area contributed by atoms with Crippen LogP contribution in [-0.4, -0.2) is 25.6 Å². The Morgan fingerprint density at radius 1 is 1.00 bits per heavy atom. The first-order valence-electron chi connectivity index (χ1n) is 7.43. The molecular weight excluding hydrogens is 292 g/mol. The fourth-order valence-electron chi connectivity index (χ4n) is 2.01. The summed E-state index contributed by atoms with van der Waals surface area (Å²) in [4.78, 5) is 25.2. The van der Waals surface area contributed by atoms with Crippen molar-refractivity contribution >= 4 is 17.7 Å². The van der Waals surface area contributed by atoms with Crippen LogP contribution in [0.25, 0.3) is 0 Å². The van der Waals surface area contributed by atoms with E-state index in [-0.39, 0.29) is 25.5 Å². The summed E-state index contributed by atoms with van der Waals surface area (Å²) in [5.41, 5.74) is 1.74. The normalized spacial score (nSPS) is 9.96. The summed E-state index contributed by atoms with van der Waals surface area (Å²) in [7, 11) is 1.71. The fourth-order valence-corrected chi connectivity index (χ4v) is 2.01. The molecule has 0 saturated carbocycles. The van der Waals surface area contributed by atoms with Crippen LogP contribution in [0.15, 0.2) is 60.7 Å². The van der Waals surface area contributed by atoms with Gasteiger partial charge in [-0.2, -0.15) is 0 Å². The first kappa shape index (κ1) is 16.5. The van der Waals surface area contributed by atoms with Crippen molar-refractivity contribution in [2.75, 3.05) is 18.5 Å². The van der Waals surface area contributed by atoms with E-state index in [2.05, 4.69) is 5.32 Å². The monoisotopic (exact) mass is 312 g/mol. The van der Waals surface area contributed by atoms with Crippen LogP contribution in [0.4, 0.5) is 10.5 Å². The number of ether oxygens (including phenoxy) is 1. The molecule has 0 aromatic heterocycles. The molecule has 0 atom stereocenters. The van der Waals surface area contributed by atoms with Crippen molar-refractivity contribution in [1.82, 2.24) is 5.32 Å². The molecule has 2 aromatic rings. The molecular formula is C18H20N2O3. The Hall–Kier alpha value is -2.82. The summed E-state index contributed by atoms with van der Waals surface area (Å²) >= 11 is 0. The average Bonchev–Trinajstić information content (AvgIpc) is 2.61. The highest BCUT2D eigenvalue weighted by atomic mass is 16.5. The first-order valence-corrected chi connectivity index (χ1v) is 7.43. The number of amides is 2. The number of hydrogen-bond acceptors (Lipinski definition) is 3. The lowest BCUT2D eigenvalue weighted by Crippen LogP contribution is -2.32. The highest BCUT2D eigenvalue weighted by Gasteiger charge is 2.11. The molecule has 2 aromatic carbocycles. The fraction of sp³-hybridized carbons (Fsp3) is 0.222. The number of alkyl carbamates (subject to hydrolysis) is 1. The molecule has 1 N–H and O–H groups in total. The smallest absolute Gasteiger partial charge is 0.407 e. The maximum atomic E-state index is 12.0. The number of hydrogen-bond donors (Lipinski definition) is 1. The van der Waals surface area contributed by atoms with Crippen molar-refractivity contribution in [2.24, 2.45) is 0 Å². The predicted octanol–water partition coefficient (Wildman–Crippen LogP) is 2.97. The lowest BCUT2D eigenvalue weighted by Gasteiger charge is -2.17. The molecule has 0 aliphatic carbocycles. The van der Waals surface area contributed by atoms with E-state index >= 15 is 0 Å². The molecule has 0 saturated heterocycles. The predicted molar refractivity (Wildman–Crippen MR) is 89.1 cm³/mol. The minimum absolute atomic E-state index is 0.0699. The maximum absolute atomic E-state index is 12.0. The van der Waals surface area contributed by atoms with Crippen LogP contribution in [0, 0.1) is 0 Å². The van der Waals surface area contributed by atoms with Crippen molar-refractivity contribution < 1.29 is 14.3 Å². The minimum Gasteiger partial charge on any atom is -0.445 e. The van der Waals surface area contributed by atoms with Crippen LogP contribution >= 0.6 is 0 Å². The average molecular weight is 312 g/mol. The highest BCUT2D eigenvalue weighted by molar-refractivity contribution is 5.93. The summed E-state index contributed by atoms with van der Waals surface area (Å²) in [6.07, 6.45) is -0.310. The number of anilines is 1. The van der Waals surface area contributed by atoms with Crippen LogP contribution in [0.3, 0.4) is 0 Å². The van der Waals surface area contributed by atoms with Gasteiger partial charge in [0.25, 0.3) is 0 Å². The molecule has 0 heterocycles. The minimum atomic E-state index is -0.524. The molecule has 0 radical (unpaired) electrons. The van der Waals surface area contributed by atoms with Crippen LogP contribution in [0.5, 0.6) is 0 Å². The number of carbonyl (C=O) groups excluding carboxylic acids is 2. The molecule has 0 aliphatic heterocycles. The van der Waals surface area contributed by atoms with Crippen molar-refractivity contribution in [3.05, 3.63) is 66.2 Å². The van der Waals surface area contributed by atoms with Gasteiger partial charge in [0.05, 0.1) is 0 Å². The van der Waals surface area contributed by atoms with Crippen LogP contribution < -0.4 is 10.2 Å². The zero-order chi connectivity index (χ0) is 16.5. The molecule has 0 fully saturated rings. The second-order valence-electron chi connectivity index (χ2n) is 5.03. The summed E-state index contributed by atoms with van der Waals surface area (Å²) in [5.74, 6) is -0.0699. The summed E-state index contributed by atoms with van der Waals surface area (Å²) in [5, 5.41) is 2.58. The molecule has 0 unspecified atom stereocenters. The number of rotatable bonds is 6. The van der Waals surface area contributed by atoms with Crippen LogP contribution in [-0.2, 0) is 16.1 Å². The molecule has 0 bridgehead atoms. The number of nitrogens with one attached hydrogen (secondary N) is 1. The summed E-state index contributed by atoms with van der Waals surface area (Å²) in [6.45, 7) is 0.453. The van der Waals surface area contributed by atoms with E-state index in [0.717, 1.165) is 11.3 Å². The molecule has 5 heteroatoms. The largest absolute Gasteiger partial charge is 0.445 e. The van der Waals surface area contributed by atoms with Gasteiger partial charge in [0.15, 0.2) is 0 Å². The Balaban J connectivity index is 1.68. The lowest BCUT2D eigenvalue weighted by molar-refractivity contribution is -0.118. The van der Waals surface area contributed by atoms with Gasteiger partial charge < -0.3 is 15.0 Å². The zero-order valence-electron chi connectivity index (χ0n) is 13.1. The molecule has 0 aliphatic rings. The standard InChI is InChI=1S/C18H20N2O3/c1-20(16-10-6-3-7-11-16)17(21)12-13-19-18(22)23-14-15-8-4-2-5-9-15/h2-11H,12-14H2,1H3,(H,19,22). The highest BCUT2D eigenvalue weighted by Crippen LogP contribution is 2.11. The Morgan fingerprint density at radius 3 is 2.26 bits per heavy atom. The summed E-state index contributed by atoms with van der Waals surface area (Å²) in [6, 6.07) is 18.8. The Kier molecular flexibility index (Phi) is 6.17. The van der Waals surface area contributed by atoms with Gasteiger partial charge in [-0.25, -0.2) is 4.79 Å². The summed E-state index contributed by atoms with van der Waals surface area (Å²) < 4.78 is 5.08. The Morgan fingerprint density at radius 2 is 1.61 bits per heavy atom. The van der Waals surface area contributed by atoms with Crippen molar-refractivity contribution in [1.29, 1.82) is 0 Å². The lowest BCUT2D eigenvalue weighted by atomic mass is 10.2. The number of para-hydroxylation sites is 1. The van der Waals surface area contributed by atoms with E-state index in [1.807, 2.05) is 60.7 Å². The van der Waals surface area contributed by atoms with Crippen molar-refractivity contribution in [3.63, 3.8) is 0 Å². The van der Waals surface area contributed by atoms with Crippen LogP contribution in [0.2, 0.25) is 0 Å². The van der Waals surface area contributed by atoms with Gasteiger partial charge >= 0.3 is 6.09 Å². The SMILES string of the molecule is CN(C(=O)CCNC(=O)OCc1ccccc1)c1ccccc1. The topological polar surface area (TPSA) is 58.6 Å². The Bertz CT molecular complexity index is 629. The quantitative estimate of drug-likeness (QED) is 0.892. The van der Waals surface area contributed by atoms with Gasteiger partial charge in [-0.15, -0.1) is 0 Å². The van der Waals surface area contributed by atoms with Gasteiger partial charge in [0, 0.05) is 25.7 Å². The third-order valence-electron chi connectivity index (χ3n) is 3.34. The van der Waals surface area contributed by atoms with Crippen molar-refractivity contribution in [2.45, 2.75) is 13.0 Å². The van der Waals surface area contributed by atoms with Gasteiger partial charge in [0.1, 0.15) is 6.61 Å². The van der Waals surface area contributed by atoms with E-state index < -0.39 is 6.09 Å². The van der Waals surface area contributed by atoms with E-state index in [1.54, 1.807) is 11.9 Å². The van der Waals surface area contributed by atoms with Gasteiger partial charge in [0.2, 0.25) is 5.91 Å². The van der Waals surface area contributed by atoms with Gasteiger partial charge in [-0.05, 0) is 17.7 Å². The third-order valence-corrected chi connectivity index (χ3v) is 3.34. The molecule has 5 nitrogen and oxygen atoms in total. The first-order chi connectivity index (χ1) is 11.2. The number of carbonyl (C=O) groups is 2. The maximum Gasteiger partial charge on any atom is 0.407 e. The van der Waals surface area contributed by atoms with Crippen LogP contribution in [0.1, 0.15) is 12.0 Å². The number of nitrogens with zero attached hydrogens (tertiary/aromatic N) is 1. The third kappa shape index (κ3) is 5.47. The van der Waals surface area contributed by atoms with E-state index in [1.165, 1.54) is 0 Å². The second kappa shape index (κ2) is 8.58. The second-order valence-corrected chi connectivity index (χ2v) is 5.03. The molecule has 23 heavy (non-hydrogen) atoms. The number of benzene rings is 2. The molecule has 120 valence electrons. The van der Waals surface area contributed by atoms with E-state index in [0.29, 0.717) is 0 Å². The van der Waals surface area contributed by atoms with Crippen molar-refractivity contribution in [3.8, 4) is 0 Å². The Labute approximate surface area is 135 Å². The molecule has 0 spiro atoms. The zero-order valence-corrected chi connectivity index (χ0v) is 13.1. The molecule has 2 amide bonds. The van der Waals surface area contributed by atoms with E-state index in [4.69, 9.17) is 4.74 Å². The molecule has 2 rings (SSSR count).